The van der Waals surface area contributed by atoms with Crippen LogP contribution in [0.5, 0.6) is 0 Å². The number of rotatable bonds is 11. The number of carbonyl (C=O) groups excluding carboxylic acids is 1. The number of carbonyl (C=O) groups is 1. The highest BCUT2D eigenvalue weighted by Crippen LogP contribution is 2.19. The van der Waals surface area contributed by atoms with E-state index in [-0.39, 0.29) is 17.5 Å². The summed E-state index contributed by atoms with van der Waals surface area (Å²) in [5.74, 6) is 0.790. The van der Waals surface area contributed by atoms with Crippen LogP contribution >= 0.6 is 11.8 Å². The van der Waals surface area contributed by atoms with E-state index in [1.54, 1.807) is 18.7 Å². The highest BCUT2D eigenvalue weighted by Gasteiger charge is 2.16. The van der Waals surface area contributed by atoms with Crippen molar-refractivity contribution in [2.75, 3.05) is 12.9 Å². The molecule has 0 saturated heterocycles. The fraction of sp³-hybridized carbons (Fsp3) is 0.500. The van der Waals surface area contributed by atoms with Gasteiger partial charge in [0.25, 0.3) is 5.56 Å². The molecule has 0 saturated carbocycles. The van der Waals surface area contributed by atoms with Gasteiger partial charge in [-0.3, -0.25) is 14.2 Å². The van der Waals surface area contributed by atoms with Crippen LogP contribution in [0, 0.1) is 0 Å². The molecule has 0 aliphatic heterocycles. The van der Waals surface area contributed by atoms with Crippen LogP contribution in [0.25, 0.3) is 0 Å². The van der Waals surface area contributed by atoms with Crippen molar-refractivity contribution >= 4 is 17.7 Å². The summed E-state index contributed by atoms with van der Waals surface area (Å²) >= 11 is 1.50. The molecule has 1 amide bonds. The molecule has 0 bridgehead atoms. The monoisotopic (exact) mass is 417 g/mol. The summed E-state index contributed by atoms with van der Waals surface area (Å²) in [5, 5.41) is 3.62. The summed E-state index contributed by atoms with van der Waals surface area (Å²) in [6, 6.07) is 10.1. The van der Waals surface area contributed by atoms with Gasteiger partial charge in [0.2, 0.25) is 5.91 Å². The molecule has 0 aliphatic carbocycles. The molecule has 158 valence electrons. The van der Waals surface area contributed by atoms with Gasteiger partial charge >= 0.3 is 0 Å². The molecule has 2 rings (SSSR count). The average Bonchev–Trinajstić information content (AvgIpc) is 2.72. The summed E-state index contributed by atoms with van der Waals surface area (Å²) in [4.78, 5) is 29.6. The van der Waals surface area contributed by atoms with Crippen LogP contribution in [0.3, 0.4) is 0 Å². The normalized spacial score (nSPS) is 12.0. The van der Waals surface area contributed by atoms with E-state index in [1.807, 2.05) is 44.2 Å². The van der Waals surface area contributed by atoms with Crippen molar-refractivity contribution in [3.05, 3.63) is 57.5 Å². The second-order valence-corrected chi connectivity index (χ2v) is 8.17. The largest absolute Gasteiger partial charge is 0.378 e. The first-order valence-corrected chi connectivity index (χ1v) is 11.0. The van der Waals surface area contributed by atoms with Crippen molar-refractivity contribution in [2.24, 2.45) is 7.05 Å². The highest BCUT2D eigenvalue weighted by molar-refractivity contribution is 7.99. The van der Waals surface area contributed by atoms with Gasteiger partial charge in [-0.25, -0.2) is 4.98 Å². The van der Waals surface area contributed by atoms with Crippen LogP contribution in [0.1, 0.15) is 49.9 Å². The molecule has 1 heterocycles. The van der Waals surface area contributed by atoms with E-state index in [9.17, 15) is 9.59 Å². The molecular formula is C22H31N3O3S. The second kappa shape index (κ2) is 11.8. The Hall–Kier alpha value is -2.12. The van der Waals surface area contributed by atoms with E-state index in [0.29, 0.717) is 35.9 Å². The third-order valence-electron chi connectivity index (χ3n) is 4.73. The maximum atomic E-state index is 13.0. The number of thioether (sulfide) groups is 1. The fourth-order valence-corrected chi connectivity index (χ4v) is 3.80. The smallest absolute Gasteiger partial charge is 0.257 e. The maximum absolute atomic E-state index is 13.0. The Morgan fingerprint density at radius 1 is 1.31 bits per heavy atom. The van der Waals surface area contributed by atoms with Crippen LogP contribution in [0.15, 0.2) is 40.3 Å². The van der Waals surface area contributed by atoms with Crippen LogP contribution in [0.4, 0.5) is 0 Å². The first-order valence-electron chi connectivity index (χ1n) is 10.00. The molecule has 7 heteroatoms. The Morgan fingerprint density at radius 2 is 2.03 bits per heavy atom. The molecule has 1 N–H and O–H groups in total. The molecule has 0 radical (unpaired) electrons. The van der Waals surface area contributed by atoms with Gasteiger partial charge in [-0.1, -0.05) is 49.0 Å². The average molecular weight is 418 g/mol. The molecule has 0 fully saturated rings. The summed E-state index contributed by atoms with van der Waals surface area (Å²) in [7, 11) is 3.35. The van der Waals surface area contributed by atoms with Gasteiger partial charge in [0.15, 0.2) is 5.16 Å². The van der Waals surface area contributed by atoms with Gasteiger partial charge in [0, 0.05) is 44.4 Å². The van der Waals surface area contributed by atoms with E-state index in [0.717, 1.165) is 24.2 Å². The van der Waals surface area contributed by atoms with Crippen molar-refractivity contribution in [1.82, 2.24) is 14.9 Å². The summed E-state index contributed by atoms with van der Waals surface area (Å²) in [6.07, 6.45) is 2.65. The number of benzene rings is 1. The third kappa shape index (κ3) is 7.01. The van der Waals surface area contributed by atoms with E-state index in [2.05, 4.69) is 5.32 Å². The van der Waals surface area contributed by atoms with Gasteiger partial charge in [-0.15, -0.1) is 0 Å². The second-order valence-electron chi connectivity index (χ2n) is 7.11. The highest BCUT2D eigenvalue weighted by atomic mass is 32.2. The van der Waals surface area contributed by atoms with Crippen LogP contribution < -0.4 is 10.9 Å². The fourth-order valence-electron chi connectivity index (χ4n) is 2.88. The van der Waals surface area contributed by atoms with Crippen molar-refractivity contribution in [3.63, 3.8) is 0 Å². The van der Waals surface area contributed by atoms with E-state index >= 15 is 0 Å². The Morgan fingerprint density at radius 3 is 2.69 bits per heavy atom. The first-order chi connectivity index (χ1) is 14.0. The lowest BCUT2D eigenvalue weighted by Crippen LogP contribution is -2.31. The quantitative estimate of drug-likeness (QED) is 0.345. The van der Waals surface area contributed by atoms with Gasteiger partial charge in [0.05, 0.1) is 12.3 Å². The zero-order chi connectivity index (χ0) is 21.2. The Kier molecular flexibility index (Phi) is 9.41. The van der Waals surface area contributed by atoms with Crippen LogP contribution in [-0.4, -0.2) is 34.4 Å². The summed E-state index contributed by atoms with van der Waals surface area (Å²) < 4.78 is 6.89. The van der Waals surface area contributed by atoms with E-state index in [4.69, 9.17) is 9.72 Å². The molecule has 6 nitrogen and oxygen atoms in total. The first kappa shape index (κ1) is 23.2. The number of nitrogens with one attached hydrogen (secondary N) is 1. The standard InChI is InChI=1S/C22H31N3O3S/c1-5-16(2)23-20(26)12-9-13-29-22-24-19(15-28-4)18(21(27)25(22)3)14-17-10-7-6-8-11-17/h6-8,10-11,16H,5,9,12-15H2,1-4H3,(H,23,26). The number of nitrogens with zero attached hydrogens (tertiary/aromatic N) is 2. The van der Waals surface area contributed by atoms with Crippen molar-refractivity contribution < 1.29 is 9.53 Å². The number of ether oxygens (including phenoxy) is 1. The van der Waals surface area contributed by atoms with Gasteiger partial charge < -0.3 is 10.1 Å². The van der Waals surface area contributed by atoms with Crippen LogP contribution in [-0.2, 0) is 29.6 Å². The number of hydrogen-bond acceptors (Lipinski definition) is 5. The number of aromatic nitrogens is 2. The molecule has 1 aromatic carbocycles. The van der Waals surface area contributed by atoms with E-state index in [1.165, 1.54) is 11.8 Å². The SMILES string of the molecule is CCC(C)NC(=O)CCCSc1nc(COC)c(Cc2ccccc2)c(=O)n1C. The summed E-state index contributed by atoms with van der Waals surface area (Å²) in [5.41, 5.74) is 2.36. The van der Waals surface area contributed by atoms with E-state index < -0.39 is 0 Å². The third-order valence-corrected chi connectivity index (χ3v) is 5.85. The molecular weight excluding hydrogens is 386 g/mol. The molecule has 1 unspecified atom stereocenters. The topological polar surface area (TPSA) is 73.2 Å². The van der Waals surface area contributed by atoms with Crippen LogP contribution in [0.2, 0.25) is 0 Å². The van der Waals surface area contributed by atoms with Gasteiger partial charge in [-0.05, 0) is 25.3 Å². The lowest BCUT2D eigenvalue weighted by molar-refractivity contribution is -0.121. The lowest BCUT2D eigenvalue weighted by Gasteiger charge is -2.14. The Labute approximate surface area is 177 Å². The zero-order valence-corrected chi connectivity index (χ0v) is 18.6. The predicted molar refractivity (Wildman–Crippen MR) is 117 cm³/mol. The van der Waals surface area contributed by atoms with Crippen molar-refractivity contribution in [2.45, 2.75) is 57.3 Å². The molecule has 29 heavy (non-hydrogen) atoms. The zero-order valence-electron chi connectivity index (χ0n) is 17.7. The lowest BCUT2D eigenvalue weighted by atomic mass is 10.0. The summed E-state index contributed by atoms with van der Waals surface area (Å²) in [6.45, 7) is 4.34. The molecule has 1 aromatic heterocycles. The Bertz CT molecular complexity index is 852. The molecule has 2 aromatic rings. The van der Waals surface area contributed by atoms with Gasteiger partial charge in [-0.2, -0.15) is 0 Å². The maximum Gasteiger partial charge on any atom is 0.257 e. The van der Waals surface area contributed by atoms with Crippen molar-refractivity contribution in [1.29, 1.82) is 0 Å². The minimum Gasteiger partial charge on any atom is -0.378 e. The van der Waals surface area contributed by atoms with Crippen molar-refractivity contribution in [3.8, 4) is 0 Å². The number of methoxy groups -OCH3 is 1. The molecule has 0 aliphatic rings. The predicted octanol–water partition coefficient (Wildman–Crippen LogP) is 3.30. The molecule has 1 atom stereocenters. The molecule has 0 spiro atoms. The number of amides is 1. The Balaban J connectivity index is 2.07. The minimum atomic E-state index is -0.0482. The van der Waals surface area contributed by atoms with Gasteiger partial charge in [0.1, 0.15) is 0 Å². The minimum absolute atomic E-state index is 0.0482. The number of hydrogen-bond donors (Lipinski definition) is 1.